The van der Waals surface area contributed by atoms with E-state index in [0.717, 1.165) is 19.3 Å². The second kappa shape index (κ2) is 5.78. The topological polar surface area (TPSA) is 55.2 Å². The highest BCUT2D eigenvalue weighted by molar-refractivity contribution is 6.39. The van der Waals surface area contributed by atoms with Crippen LogP contribution in [0, 0.1) is 15.5 Å². The van der Waals surface area contributed by atoms with Crippen LogP contribution in [-0.2, 0) is 0 Å². The Labute approximate surface area is 128 Å². The fourth-order valence-corrected chi connectivity index (χ4v) is 3.41. The molecule has 1 aromatic carbocycles. The Morgan fingerprint density at radius 2 is 1.95 bits per heavy atom. The average molecular weight is 317 g/mol. The van der Waals surface area contributed by atoms with Gasteiger partial charge in [0.25, 0.3) is 5.69 Å². The van der Waals surface area contributed by atoms with Crippen LogP contribution in [0.5, 0.6) is 0 Å². The van der Waals surface area contributed by atoms with Crippen LogP contribution in [0.2, 0.25) is 10.0 Å². The van der Waals surface area contributed by atoms with Crippen LogP contribution in [0.25, 0.3) is 0 Å². The van der Waals surface area contributed by atoms with Crippen molar-refractivity contribution in [2.24, 2.45) is 5.41 Å². The summed E-state index contributed by atoms with van der Waals surface area (Å²) in [5, 5.41) is 14.7. The number of hydrogen-bond donors (Lipinski definition) is 1. The summed E-state index contributed by atoms with van der Waals surface area (Å²) in [6, 6.07) is 2.98. The summed E-state index contributed by atoms with van der Waals surface area (Å²) in [6.45, 7) is 4.50. The molecule has 1 unspecified atom stereocenters. The van der Waals surface area contributed by atoms with Gasteiger partial charge in [0.15, 0.2) is 0 Å². The number of nitrogens with zero attached hydrogens (tertiary/aromatic N) is 1. The van der Waals surface area contributed by atoms with Crippen molar-refractivity contribution >= 4 is 34.6 Å². The monoisotopic (exact) mass is 316 g/mol. The van der Waals surface area contributed by atoms with Gasteiger partial charge in [-0.2, -0.15) is 0 Å². The van der Waals surface area contributed by atoms with Crippen molar-refractivity contribution in [3.05, 3.63) is 32.3 Å². The average Bonchev–Trinajstić information content (AvgIpc) is 2.32. The van der Waals surface area contributed by atoms with Gasteiger partial charge in [-0.05, 0) is 24.7 Å². The van der Waals surface area contributed by atoms with Crippen LogP contribution in [-0.4, -0.2) is 11.0 Å². The molecule has 1 saturated carbocycles. The number of nitrogens with one attached hydrogen (secondary N) is 1. The molecule has 0 amide bonds. The molecular weight excluding hydrogens is 299 g/mol. The number of nitro benzene ring substituents is 1. The van der Waals surface area contributed by atoms with Crippen LogP contribution in [0.1, 0.15) is 39.5 Å². The molecule has 0 radical (unpaired) electrons. The number of nitro groups is 1. The minimum Gasteiger partial charge on any atom is -0.380 e. The van der Waals surface area contributed by atoms with Crippen LogP contribution >= 0.6 is 23.2 Å². The summed E-state index contributed by atoms with van der Waals surface area (Å²) in [7, 11) is 0. The molecule has 1 atom stereocenters. The Morgan fingerprint density at radius 3 is 2.45 bits per heavy atom. The Balaban J connectivity index is 2.19. The van der Waals surface area contributed by atoms with Gasteiger partial charge in [0, 0.05) is 18.2 Å². The maximum Gasteiger partial charge on any atom is 0.272 e. The quantitative estimate of drug-likeness (QED) is 0.609. The van der Waals surface area contributed by atoms with E-state index in [4.69, 9.17) is 23.2 Å². The van der Waals surface area contributed by atoms with Gasteiger partial charge in [-0.3, -0.25) is 10.1 Å². The summed E-state index contributed by atoms with van der Waals surface area (Å²) < 4.78 is 0. The molecular formula is C14H18Cl2N2O2. The first-order valence-electron chi connectivity index (χ1n) is 6.68. The second-order valence-electron chi connectivity index (χ2n) is 6.14. The molecule has 0 heterocycles. The Bertz CT molecular complexity index is 509. The van der Waals surface area contributed by atoms with E-state index >= 15 is 0 Å². The van der Waals surface area contributed by atoms with E-state index in [2.05, 4.69) is 19.2 Å². The van der Waals surface area contributed by atoms with E-state index < -0.39 is 4.92 Å². The van der Waals surface area contributed by atoms with Crippen molar-refractivity contribution in [3.8, 4) is 0 Å². The predicted molar refractivity (Wildman–Crippen MR) is 82.8 cm³/mol. The van der Waals surface area contributed by atoms with E-state index in [1.165, 1.54) is 18.6 Å². The zero-order valence-corrected chi connectivity index (χ0v) is 13.1. The van der Waals surface area contributed by atoms with E-state index in [1.807, 2.05) is 0 Å². The lowest BCUT2D eigenvalue weighted by Gasteiger charge is -2.36. The SMILES string of the molecule is CC1(C)CCCC(Nc2c(Cl)cc([N+](=O)[O-])cc2Cl)C1. The molecule has 20 heavy (non-hydrogen) atoms. The highest BCUT2D eigenvalue weighted by Crippen LogP contribution is 2.40. The molecule has 4 nitrogen and oxygen atoms in total. The molecule has 6 heteroatoms. The van der Waals surface area contributed by atoms with Crippen molar-refractivity contribution in [1.82, 2.24) is 0 Å². The zero-order valence-electron chi connectivity index (χ0n) is 11.6. The lowest BCUT2D eigenvalue weighted by Crippen LogP contribution is -2.31. The van der Waals surface area contributed by atoms with Crippen LogP contribution < -0.4 is 5.32 Å². The smallest absolute Gasteiger partial charge is 0.272 e. The third-order valence-electron chi connectivity index (χ3n) is 3.79. The number of hydrogen-bond acceptors (Lipinski definition) is 3. The first-order chi connectivity index (χ1) is 9.28. The number of halogens is 2. The first-order valence-corrected chi connectivity index (χ1v) is 7.44. The van der Waals surface area contributed by atoms with Crippen molar-refractivity contribution in [3.63, 3.8) is 0 Å². The van der Waals surface area contributed by atoms with Gasteiger partial charge in [-0.15, -0.1) is 0 Å². The highest BCUT2D eigenvalue weighted by Gasteiger charge is 2.28. The van der Waals surface area contributed by atoms with Gasteiger partial charge in [0.05, 0.1) is 20.7 Å². The number of anilines is 1. The fourth-order valence-electron chi connectivity index (χ4n) is 2.83. The van der Waals surface area contributed by atoms with Gasteiger partial charge in [0.2, 0.25) is 0 Å². The predicted octanol–water partition coefficient (Wildman–Crippen LogP) is 5.28. The molecule has 0 saturated heterocycles. The van der Waals surface area contributed by atoms with Gasteiger partial charge in [-0.25, -0.2) is 0 Å². The van der Waals surface area contributed by atoms with E-state index in [-0.39, 0.29) is 5.69 Å². The van der Waals surface area contributed by atoms with E-state index in [1.54, 1.807) is 0 Å². The maximum atomic E-state index is 10.8. The van der Waals surface area contributed by atoms with Gasteiger partial charge in [-0.1, -0.05) is 43.5 Å². The van der Waals surface area contributed by atoms with Crippen LogP contribution in [0.3, 0.4) is 0 Å². The van der Waals surface area contributed by atoms with Gasteiger partial charge >= 0.3 is 0 Å². The molecule has 0 aromatic heterocycles. The molecule has 1 aliphatic carbocycles. The molecule has 110 valence electrons. The van der Waals surface area contributed by atoms with Gasteiger partial charge in [0.1, 0.15) is 0 Å². The summed E-state index contributed by atoms with van der Waals surface area (Å²) >= 11 is 12.2. The minimum absolute atomic E-state index is 0.0884. The Kier molecular flexibility index (Phi) is 4.45. The zero-order chi connectivity index (χ0) is 14.9. The highest BCUT2D eigenvalue weighted by atomic mass is 35.5. The number of benzene rings is 1. The third kappa shape index (κ3) is 3.55. The molecule has 1 N–H and O–H groups in total. The van der Waals surface area contributed by atoms with Crippen LogP contribution in [0.4, 0.5) is 11.4 Å². The molecule has 1 aromatic rings. The molecule has 0 bridgehead atoms. The Morgan fingerprint density at radius 1 is 1.35 bits per heavy atom. The summed E-state index contributed by atoms with van der Waals surface area (Å²) in [4.78, 5) is 10.3. The normalized spacial score (nSPS) is 21.5. The summed E-state index contributed by atoms with van der Waals surface area (Å²) in [5.41, 5.74) is 0.812. The molecule has 2 rings (SSSR count). The number of rotatable bonds is 3. The minimum atomic E-state index is -0.495. The molecule has 1 fully saturated rings. The number of non-ortho nitro benzene ring substituents is 1. The third-order valence-corrected chi connectivity index (χ3v) is 4.39. The lowest BCUT2D eigenvalue weighted by atomic mass is 9.75. The van der Waals surface area contributed by atoms with Crippen LogP contribution in [0.15, 0.2) is 12.1 Å². The molecule has 0 spiro atoms. The maximum absolute atomic E-state index is 10.8. The Hall–Kier alpha value is -1.00. The molecule has 1 aliphatic rings. The standard InChI is InChI=1S/C14H18Cl2N2O2/c1-14(2)5-3-4-9(8-14)17-13-11(15)6-10(18(19)20)7-12(13)16/h6-7,9,17H,3-5,8H2,1-2H3. The largest absolute Gasteiger partial charge is 0.380 e. The van der Waals surface area contributed by atoms with E-state index in [9.17, 15) is 10.1 Å². The van der Waals surface area contributed by atoms with Crippen molar-refractivity contribution < 1.29 is 4.92 Å². The second-order valence-corrected chi connectivity index (χ2v) is 6.96. The van der Waals surface area contributed by atoms with E-state index in [0.29, 0.717) is 27.2 Å². The lowest BCUT2D eigenvalue weighted by molar-refractivity contribution is -0.384. The summed E-state index contributed by atoms with van der Waals surface area (Å²) in [6.07, 6.45) is 4.48. The molecule has 0 aliphatic heterocycles. The van der Waals surface area contributed by atoms with Gasteiger partial charge < -0.3 is 5.32 Å². The fraction of sp³-hybridized carbons (Fsp3) is 0.571. The van der Waals surface area contributed by atoms with Crippen molar-refractivity contribution in [2.75, 3.05) is 5.32 Å². The summed E-state index contributed by atoms with van der Waals surface area (Å²) in [5.74, 6) is 0. The van der Waals surface area contributed by atoms with Crippen molar-refractivity contribution in [1.29, 1.82) is 0 Å². The van der Waals surface area contributed by atoms with Crippen molar-refractivity contribution in [2.45, 2.75) is 45.6 Å². The first kappa shape index (κ1) is 15.4.